The SMILES string of the molecule is CCC/C=C/c1c(N)cnn1C. The molecule has 1 aromatic rings. The predicted molar refractivity (Wildman–Crippen MR) is 51.6 cm³/mol. The van der Waals surface area contributed by atoms with Gasteiger partial charge >= 0.3 is 0 Å². The first kappa shape index (κ1) is 8.84. The topological polar surface area (TPSA) is 43.8 Å². The molecular formula is C9H15N3. The number of aromatic nitrogens is 2. The van der Waals surface area contributed by atoms with Crippen LogP contribution in [0.4, 0.5) is 5.69 Å². The minimum absolute atomic E-state index is 0.741. The molecule has 0 aliphatic heterocycles. The first-order valence-corrected chi connectivity index (χ1v) is 4.19. The van der Waals surface area contributed by atoms with Crippen LogP contribution in [0.25, 0.3) is 6.08 Å². The molecule has 0 fully saturated rings. The van der Waals surface area contributed by atoms with Crippen molar-refractivity contribution in [2.24, 2.45) is 7.05 Å². The third-order valence-corrected chi connectivity index (χ3v) is 1.75. The van der Waals surface area contributed by atoms with Gasteiger partial charge in [0.15, 0.2) is 0 Å². The summed E-state index contributed by atoms with van der Waals surface area (Å²) in [5.41, 5.74) is 7.42. The van der Waals surface area contributed by atoms with Crippen LogP contribution in [-0.2, 0) is 7.05 Å². The number of hydrogen-bond donors (Lipinski definition) is 1. The van der Waals surface area contributed by atoms with Crippen molar-refractivity contribution < 1.29 is 0 Å². The molecule has 0 atom stereocenters. The molecule has 0 aliphatic carbocycles. The van der Waals surface area contributed by atoms with E-state index in [0.717, 1.165) is 24.2 Å². The second-order valence-electron chi connectivity index (χ2n) is 2.80. The summed E-state index contributed by atoms with van der Waals surface area (Å²) < 4.78 is 1.78. The predicted octanol–water partition coefficient (Wildman–Crippen LogP) is 1.82. The van der Waals surface area contributed by atoms with Crippen LogP contribution in [0.1, 0.15) is 25.5 Å². The molecule has 0 bridgehead atoms. The molecule has 0 saturated carbocycles. The summed E-state index contributed by atoms with van der Waals surface area (Å²) in [6.45, 7) is 2.15. The van der Waals surface area contributed by atoms with Gasteiger partial charge in [0.05, 0.1) is 17.6 Å². The van der Waals surface area contributed by atoms with Crippen molar-refractivity contribution in [2.75, 3.05) is 5.73 Å². The Morgan fingerprint density at radius 3 is 2.92 bits per heavy atom. The summed E-state index contributed by atoms with van der Waals surface area (Å²) in [5.74, 6) is 0. The monoisotopic (exact) mass is 165 g/mol. The first-order chi connectivity index (χ1) is 5.75. The van der Waals surface area contributed by atoms with Gasteiger partial charge in [-0.2, -0.15) is 5.10 Å². The zero-order valence-corrected chi connectivity index (χ0v) is 7.62. The Morgan fingerprint density at radius 1 is 1.67 bits per heavy atom. The number of nitrogen functional groups attached to an aromatic ring is 1. The fraction of sp³-hybridized carbons (Fsp3) is 0.444. The van der Waals surface area contributed by atoms with Crippen molar-refractivity contribution in [1.82, 2.24) is 9.78 Å². The highest BCUT2D eigenvalue weighted by molar-refractivity contribution is 5.60. The smallest absolute Gasteiger partial charge is 0.0833 e. The largest absolute Gasteiger partial charge is 0.396 e. The van der Waals surface area contributed by atoms with Crippen molar-refractivity contribution in [3.8, 4) is 0 Å². The lowest BCUT2D eigenvalue weighted by Gasteiger charge is -1.95. The molecule has 0 unspecified atom stereocenters. The average Bonchev–Trinajstić information content (AvgIpc) is 2.35. The Morgan fingerprint density at radius 2 is 2.42 bits per heavy atom. The maximum absolute atomic E-state index is 5.69. The number of hydrogen-bond acceptors (Lipinski definition) is 2. The number of rotatable bonds is 3. The summed E-state index contributed by atoms with van der Waals surface area (Å²) in [7, 11) is 1.89. The van der Waals surface area contributed by atoms with Gasteiger partial charge in [-0.3, -0.25) is 4.68 Å². The molecule has 3 nitrogen and oxygen atoms in total. The second-order valence-corrected chi connectivity index (χ2v) is 2.80. The van der Waals surface area contributed by atoms with E-state index in [0.29, 0.717) is 0 Å². The van der Waals surface area contributed by atoms with Gasteiger partial charge in [0.1, 0.15) is 0 Å². The molecule has 1 aromatic heterocycles. The third kappa shape index (κ3) is 1.87. The van der Waals surface area contributed by atoms with Gasteiger partial charge in [-0.05, 0) is 12.5 Å². The van der Waals surface area contributed by atoms with Gasteiger partial charge in [0, 0.05) is 7.05 Å². The fourth-order valence-electron chi connectivity index (χ4n) is 1.03. The quantitative estimate of drug-likeness (QED) is 0.742. The summed E-state index contributed by atoms with van der Waals surface area (Å²) >= 11 is 0. The Kier molecular flexibility index (Phi) is 2.91. The van der Waals surface area contributed by atoms with Crippen LogP contribution in [0.3, 0.4) is 0 Å². The van der Waals surface area contributed by atoms with Crippen LogP contribution in [0.15, 0.2) is 12.3 Å². The Hall–Kier alpha value is -1.25. The highest BCUT2D eigenvalue weighted by Gasteiger charge is 1.98. The van der Waals surface area contributed by atoms with Crippen molar-refractivity contribution in [3.63, 3.8) is 0 Å². The third-order valence-electron chi connectivity index (χ3n) is 1.75. The molecule has 0 aliphatic rings. The molecular weight excluding hydrogens is 150 g/mol. The number of unbranched alkanes of at least 4 members (excludes halogenated alkanes) is 1. The number of anilines is 1. The standard InChI is InChI=1S/C9H15N3/c1-3-4-5-6-9-8(10)7-11-12(9)2/h5-7H,3-4,10H2,1-2H3/b6-5+. The molecule has 0 saturated heterocycles. The summed E-state index contributed by atoms with van der Waals surface area (Å²) in [5, 5.41) is 4.04. The molecule has 3 heteroatoms. The number of nitrogens with zero attached hydrogens (tertiary/aromatic N) is 2. The Labute approximate surface area is 72.9 Å². The lowest BCUT2D eigenvalue weighted by Crippen LogP contribution is -1.94. The van der Waals surface area contributed by atoms with E-state index in [2.05, 4.69) is 18.1 Å². The van der Waals surface area contributed by atoms with Gasteiger partial charge in [-0.15, -0.1) is 0 Å². The van der Waals surface area contributed by atoms with Crippen molar-refractivity contribution in [2.45, 2.75) is 19.8 Å². The van der Waals surface area contributed by atoms with Gasteiger partial charge in [0.2, 0.25) is 0 Å². The van der Waals surface area contributed by atoms with Gasteiger partial charge in [-0.25, -0.2) is 0 Å². The molecule has 0 spiro atoms. The maximum atomic E-state index is 5.69. The van der Waals surface area contributed by atoms with Gasteiger partial charge < -0.3 is 5.73 Å². The van der Waals surface area contributed by atoms with E-state index >= 15 is 0 Å². The van der Waals surface area contributed by atoms with E-state index < -0.39 is 0 Å². The van der Waals surface area contributed by atoms with E-state index in [1.165, 1.54) is 0 Å². The van der Waals surface area contributed by atoms with E-state index in [1.54, 1.807) is 10.9 Å². The molecule has 1 rings (SSSR count). The summed E-state index contributed by atoms with van der Waals surface area (Å²) in [6, 6.07) is 0. The second kappa shape index (κ2) is 3.95. The molecule has 0 radical (unpaired) electrons. The Bertz CT molecular complexity index is 254. The highest BCUT2D eigenvalue weighted by atomic mass is 15.3. The molecule has 2 N–H and O–H groups in total. The minimum Gasteiger partial charge on any atom is -0.396 e. The van der Waals surface area contributed by atoms with E-state index in [-0.39, 0.29) is 0 Å². The lowest BCUT2D eigenvalue weighted by atomic mass is 10.2. The molecule has 1 heterocycles. The van der Waals surface area contributed by atoms with Crippen LogP contribution in [0.5, 0.6) is 0 Å². The fourth-order valence-corrected chi connectivity index (χ4v) is 1.03. The van der Waals surface area contributed by atoms with Crippen molar-refractivity contribution in [1.29, 1.82) is 0 Å². The van der Waals surface area contributed by atoms with Crippen LogP contribution in [0, 0.1) is 0 Å². The van der Waals surface area contributed by atoms with Crippen molar-refractivity contribution in [3.05, 3.63) is 18.0 Å². The van der Waals surface area contributed by atoms with Gasteiger partial charge in [0.25, 0.3) is 0 Å². The zero-order valence-electron chi connectivity index (χ0n) is 7.62. The zero-order chi connectivity index (χ0) is 8.97. The highest BCUT2D eigenvalue weighted by Crippen LogP contribution is 2.11. The van der Waals surface area contributed by atoms with Crippen LogP contribution < -0.4 is 5.73 Å². The molecule has 12 heavy (non-hydrogen) atoms. The summed E-state index contributed by atoms with van der Waals surface area (Å²) in [4.78, 5) is 0. The molecule has 66 valence electrons. The van der Waals surface area contributed by atoms with Crippen LogP contribution in [0.2, 0.25) is 0 Å². The summed E-state index contributed by atoms with van der Waals surface area (Å²) in [6.07, 6.45) is 8.06. The normalized spacial score (nSPS) is 11.2. The molecule has 0 amide bonds. The molecule has 0 aromatic carbocycles. The van der Waals surface area contributed by atoms with Gasteiger partial charge in [-0.1, -0.05) is 19.4 Å². The van der Waals surface area contributed by atoms with E-state index in [4.69, 9.17) is 5.73 Å². The van der Waals surface area contributed by atoms with E-state index in [1.807, 2.05) is 13.1 Å². The van der Waals surface area contributed by atoms with Crippen LogP contribution >= 0.6 is 0 Å². The Balaban J connectivity index is 2.73. The van der Waals surface area contributed by atoms with Crippen LogP contribution in [-0.4, -0.2) is 9.78 Å². The van der Waals surface area contributed by atoms with Crippen molar-refractivity contribution >= 4 is 11.8 Å². The minimum atomic E-state index is 0.741. The lowest BCUT2D eigenvalue weighted by molar-refractivity contribution is 0.759. The average molecular weight is 165 g/mol. The first-order valence-electron chi connectivity index (χ1n) is 4.19. The number of allylic oxidation sites excluding steroid dienone is 1. The van der Waals surface area contributed by atoms with E-state index in [9.17, 15) is 0 Å². The maximum Gasteiger partial charge on any atom is 0.0833 e. The number of aryl methyl sites for hydroxylation is 1. The number of nitrogens with two attached hydrogens (primary N) is 1.